The molecule has 1 heterocycles. The lowest BCUT2D eigenvalue weighted by molar-refractivity contribution is -0.113. The summed E-state index contributed by atoms with van der Waals surface area (Å²) < 4.78 is 5.26. The predicted molar refractivity (Wildman–Crippen MR) is 105 cm³/mol. The second-order valence-corrected chi connectivity index (χ2v) is 6.96. The van der Waals surface area contributed by atoms with E-state index in [2.05, 4.69) is 0 Å². The number of ether oxygens (including phenoxy) is 1. The first kappa shape index (κ1) is 17.3. The minimum atomic E-state index is -0.375. The van der Waals surface area contributed by atoms with Crippen LogP contribution in [0.2, 0.25) is 0 Å². The molecule has 1 unspecified atom stereocenters. The lowest BCUT2D eigenvalue weighted by Gasteiger charge is -2.35. The summed E-state index contributed by atoms with van der Waals surface area (Å²) >= 11 is 0. The number of ketones is 2. The molecular formula is C23H21NO3. The number of allylic oxidation sites excluding steroid dienone is 3. The highest BCUT2D eigenvalue weighted by Crippen LogP contribution is 2.49. The minimum absolute atomic E-state index is 0.000446. The van der Waals surface area contributed by atoms with Crippen molar-refractivity contribution in [2.24, 2.45) is 0 Å². The number of hydrogen-bond donors (Lipinski definition) is 0. The average Bonchev–Trinajstić information content (AvgIpc) is 2.97. The fourth-order valence-electron chi connectivity index (χ4n) is 4.20. The van der Waals surface area contributed by atoms with E-state index in [4.69, 9.17) is 4.74 Å². The first-order valence-corrected chi connectivity index (χ1v) is 8.93. The maximum Gasteiger partial charge on any atom is 0.192 e. The molecule has 1 aliphatic carbocycles. The van der Waals surface area contributed by atoms with Crippen molar-refractivity contribution in [2.75, 3.05) is 14.2 Å². The Morgan fingerprint density at radius 2 is 1.67 bits per heavy atom. The molecule has 0 fully saturated rings. The molecule has 4 heteroatoms. The van der Waals surface area contributed by atoms with Gasteiger partial charge in [-0.15, -0.1) is 0 Å². The van der Waals surface area contributed by atoms with E-state index in [9.17, 15) is 9.59 Å². The molecule has 0 amide bonds. The first-order valence-electron chi connectivity index (χ1n) is 8.93. The van der Waals surface area contributed by atoms with Crippen LogP contribution in [0.15, 0.2) is 65.4 Å². The number of nitrogens with zero attached hydrogens (tertiary/aromatic N) is 1. The van der Waals surface area contributed by atoms with Crippen LogP contribution < -0.4 is 4.74 Å². The van der Waals surface area contributed by atoms with Gasteiger partial charge in [-0.2, -0.15) is 0 Å². The van der Waals surface area contributed by atoms with E-state index < -0.39 is 0 Å². The fraction of sp³-hybridized carbons (Fsp3) is 0.217. The van der Waals surface area contributed by atoms with Crippen LogP contribution in [0.4, 0.5) is 0 Å². The molecule has 0 N–H and O–H groups in total. The molecule has 2 aromatic rings. The number of carbonyl (C=O) groups is 2. The summed E-state index contributed by atoms with van der Waals surface area (Å²) in [4.78, 5) is 27.9. The molecule has 0 bridgehead atoms. The van der Waals surface area contributed by atoms with Gasteiger partial charge in [-0.1, -0.05) is 36.4 Å². The lowest BCUT2D eigenvalue weighted by atomic mass is 9.78. The fourth-order valence-corrected chi connectivity index (χ4v) is 4.20. The van der Waals surface area contributed by atoms with Gasteiger partial charge in [0.05, 0.1) is 12.8 Å². The summed E-state index contributed by atoms with van der Waals surface area (Å²) in [6.07, 6.45) is 0. The molecule has 1 atom stereocenters. The van der Waals surface area contributed by atoms with Crippen molar-refractivity contribution < 1.29 is 14.3 Å². The highest BCUT2D eigenvalue weighted by molar-refractivity contribution is 6.23. The topological polar surface area (TPSA) is 46.6 Å². The smallest absolute Gasteiger partial charge is 0.192 e. The lowest BCUT2D eigenvalue weighted by Crippen LogP contribution is -2.29. The van der Waals surface area contributed by atoms with E-state index in [1.54, 1.807) is 14.0 Å². The molecule has 4 nitrogen and oxygen atoms in total. The van der Waals surface area contributed by atoms with E-state index in [0.29, 0.717) is 16.7 Å². The first-order chi connectivity index (χ1) is 13.0. The summed E-state index contributed by atoms with van der Waals surface area (Å²) in [7, 11) is 3.54. The monoisotopic (exact) mass is 359 g/mol. The molecule has 136 valence electrons. The van der Waals surface area contributed by atoms with Gasteiger partial charge in [0.25, 0.3) is 0 Å². The van der Waals surface area contributed by atoms with Gasteiger partial charge < -0.3 is 9.64 Å². The van der Waals surface area contributed by atoms with E-state index in [-0.39, 0.29) is 17.5 Å². The maximum absolute atomic E-state index is 13.3. The number of Topliss-reactive ketones (excluding diaryl/α,β-unsaturated/α-hetero) is 2. The third-order valence-electron chi connectivity index (χ3n) is 5.56. The van der Waals surface area contributed by atoms with E-state index in [1.165, 1.54) is 0 Å². The Labute approximate surface area is 158 Å². The van der Waals surface area contributed by atoms with Crippen LogP contribution >= 0.6 is 0 Å². The second kappa shape index (κ2) is 6.23. The molecule has 0 radical (unpaired) electrons. The van der Waals surface area contributed by atoms with Crippen molar-refractivity contribution in [2.45, 2.75) is 19.8 Å². The number of benzene rings is 2. The molecule has 0 saturated carbocycles. The number of carbonyl (C=O) groups excluding carboxylic acids is 2. The van der Waals surface area contributed by atoms with Crippen LogP contribution in [0.5, 0.6) is 5.75 Å². The zero-order valence-electron chi connectivity index (χ0n) is 15.9. The van der Waals surface area contributed by atoms with E-state index in [0.717, 1.165) is 28.3 Å². The molecule has 1 aliphatic heterocycles. The van der Waals surface area contributed by atoms with Crippen molar-refractivity contribution in [3.05, 3.63) is 82.1 Å². The predicted octanol–water partition coefficient (Wildman–Crippen LogP) is 4.19. The van der Waals surface area contributed by atoms with Crippen molar-refractivity contribution in [1.29, 1.82) is 0 Å². The van der Waals surface area contributed by atoms with Crippen molar-refractivity contribution in [3.8, 4) is 5.75 Å². The van der Waals surface area contributed by atoms with Crippen molar-refractivity contribution >= 4 is 17.3 Å². The number of rotatable bonds is 3. The van der Waals surface area contributed by atoms with Gasteiger partial charge in [-0.05, 0) is 31.5 Å². The summed E-state index contributed by atoms with van der Waals surface area (Å²) in [6.45, 7) is 3.52. The van der Waals surface area contributed by atoms with Crippen LogP contribution in [-0.2, 0) is 4.79 Å². The van der Waals surface area contributed by atoms with Gasteiger partial charge in [-0.25, -0.2) is 0 Å². The molecule has 4 rings (SSSR count). The molecule has 27 heavy (non-hydrogen) atoms. The van der Waals surface area contributed by atoms with Gasteiger partial charge in [0, 0.05) is 40.9 Å². The van der Waals surface area contributed by atoms with E-state index >= 15 is 0 Å². The van der Waals surface area contributed by atoms with Gasteiger partial charge >= 0.3 is 0 Å². The molecule has 2 aliphatic rings. The zero-order chi connectivity index (χ0) is 19.3. The Morgan fingerprint density at radius 3 is 2.26 bits per heavy atom. The van der Waals surface area contributed by atoms with Crippen LogP contribution in [0.3, 0.4) is 0 Å². The largest absolute Gasteiger partial charge is 0.497 e. The van der Waals surface area contributed by atoms with Crippen molar-refractivity contribution in [1.82, 2.24) is 4.90 Å². The standard InChI is InChI=1S/C23H21NO3/c1-13-19(14(2)25)20(15-9-11-16(27-4)12-10-15)21-22(24(13)3)17-7-5-6-8-18(17)23(21)26/h5-12,20H,1-4H3. The number of fused-ring (bicyclic) bond motifs is 2. The molecule has 0 aromatic heterocycles. The third kappa shape index (κ3) is 2.44. The Morgan fingerprint density at radius 1 is 1.04 bits per heavy atom. The van der Waals surface area contributed by atoms with Crippen LogP contribution in [0.1, 0.15) is 41.3 Å². The number of hydrogen-bond acceptors (Lipinski definition) is 4. The zero-order valence-corrected chi connectivity index (χ0v) is 15.9. The third-order valence-corrected chi connectivity index (χ3v) is 5.56. The summed E-state index contributed by atoms with van der Waals surface area (Å²) in [5.74, 6) is 0.349. The molecule has 0 spiro atoms. The molecule has 2 aromatic carbocycles. The van der Waals surface area contributed by atoms with Crippen molar-refractivity contribution in [3.63, 3.8) is 0 Å². The van der Waals surface area contributed by atoms with Gasteiger partial charge in [0.15, 0.2) is 11.6 Å². The number of methoxy groups -OCH3 is 1. The molecule has 0 saturated heterocycles. The Bertz CT molecular complexity index is 1030. The Balaban J connectivity index is 1.98. The second-order valence-electron chi connectivity index (χ2n) is 6.96. The summed E-state index contributed by atoms with van der Waals surface area (Å²) in [5, 5.41) is 0. The normalized spacial score (nSPS) is 18.6. The van der Waals surface area contributed by atoms with Gasteiger partial charge in [0.2, 0.25) is 0 Å². The van der Waals surface area contributed by atoms with Crippen LogP contribution in [-0.4, -0.2) is 30.6 Å². The van der Waals surface area contributed by atoms with Crippen LogP contribution in [0, 0.1) is 0 Å². The average molecular weight is 359 g/mol. The SMILES string of the molecule is COc1ccc(C2C(C(C)=O)=C(C)N(C)C3=C2C(=O)c2ccccc23)cc1. The molecular weight excluding hydrogens is 338 g/mol. The Hall–Kier alpha value is -3.14. The highest BCUT2D eigenvalue weighted by Gasteiger charge is 2.43. The van der Waals surface area contributed by atoms with Crippen LogP contribution in [0.25, 0.3) is 5.70 Å². The Kier molecular flexibility index (Phi) is 3.99. The maximum atomic E-state index is 13.3. The highest BCUT2D eigenvalue weighted by atomic mass is 16.5. The van der Waals surface area contributed by atoms with E-state index in [1.807, 2.05) is 67.4 Å². The quantitative estimate of drug-likeness (QED) is 0.824. The van der Waals surface area contributed by atoms with Gasteiger partial charge in [0.1, 0.15) is 5.75 Å². The summed E-state index contributed by atoms with van der Waals surface area (Å²) in [5.41, 5.74) is 5.68. The minimum Gasteiger partial charge on any atom is -0.497 e. The van der Waals surface area contributed by atoms with Gasteiger partial charge in [-0.3, -0.25) is 9.59 Å². The summed E-state index contributed by atoms with van der Waals surface area (Å²) in [6, 6.07) is 15.3.